The number of hydrogen-bond acceptors (Lipinski definition) is 4. The van der Waals surface area contributed by atoms with E-state index in [1.807, 2.05) is 47.1 Å². The molecule has 5 nitrogen and oxygen atoms in total. The van der Waals surface area contributed by atoms with Crippen molar-refractivity contribution < 1.29 is 13.7 Å². The van der Waals surface area contributed by atoms with E-state index < -0.39 is 0 Å². The second kappa shape index (κ2) is 8.47. The maximum Gasteiger partial charge on any atom is 0.223 e. The molecule has 1 aliphatic rings. The lowest BCUT2D eigenvalue weighted by Gasteiger charge is -2.36. The van der Waals surface area contributed by atoms with Crippen LogP contribution in [0.15, 0.2) is 59.3 Å². The number of halogens is 1. The summed E-state index contributed by atoms with van der Waals surface area (Å²) in [5.41, 5.74) is 4.51. The Hall–Kier alpha value is -3.15. The van der Waals surface area contributed by atoms with Crippen LogP contribution < -0.4 is 4.90 Å². The summed E-state index contributed by atoms with van der Waals surface area (Å²) in [6, 6.07) is 14.9. The van der Waals surface area contributed by atoms with Crippen molar-refractivity contribution in [2.24, 2.45) is 0 Å². The summed E-state index contributed by atoms with van der Waals surface area (Å²) in [5.74, 6) is -0.113. The van der Waals surface area contributed by atoms with Crippen LogP contribution in [-0.4, -0.2) is 42.1 Å². The lowest BCUT2D eigenvalue weighted by Crippen LogP contribution is -2.49. The first-order valence-corrected chi connectivity index (χ1v) is 9.89. The van der Waals surface area contributed by atoms with Crippen molar-refractivity contribution in [3.05, 3.63) is 71.7 Å². The van der Waals surface area contributed by atoms with Gasteiger partial charge in [0.15, 0.2) is 0 Å². The Bertz CT molecular complexity index is 976. The highest BCUT2D eigenvalue weighted by Crippen LogP contribution is 2.24. The molecule has 1 saturated heterocycles. The van der Waals surface area contributed by atoms with Gasteiger partial charge in [0, 0.05) is 43.7 Å². The highest BCUT2D eigenvalue weighted by molar-refractivity contribution is 5.77. The number of nitrogens with zero attached hydrogens (tertiary/aromatic N) is 3. The Labute approximate surface area is 169 Å². The molecule has 0 saturated carbocycles. The average molecular weight is 393 g/mol. The van der Waals surface area contributed by atoms with Gasteiger partial charge in [-0.25, -0.2) is 4.39 Å². The van der Waals surface area contributed by atoms with Crippen LogP contribution in [0.25, 0.3) is 11.3 Å². The van der Waals surface area contributed by atoms with Crippen LogP contribution in [0.3, 0.4) is 0 Å². The van der Waals surface area contributed by atoms with Gasteiger partial charge in [0.05, 0.1) is 5.69 Å². The molecule has 2 aromatic carbocycles. The number of aryl methyl sites for hydroxylation is 2. The molecule has 3 aromatic rings. The third-order valence-electron chi connectivity index (χ3n) is 5.40. The summed E-state index contributed by atoms with van der Waals surface area (Å²) in [6.45, 7) is 4.50. The van der Waals surface area contributed by atoms with Crippen molar-refractivity contribution in [3.8, 4) is 11.3 Å². The molecule has 1 aliphatic heterocycles. The van der Waals surface area contributed by atoms with Crippen molar-refractivity contribution in [1.82, 2.24) is 10.1 Å². The van der Waals surface area contributed by atoms with Gasteiger partial charge in [-0.05, 0) is 25.5 Å². The zero-order valence-corrected chi connectivity index (χ0v) is 16.5. The SMILES string of the molecule is Cc1ccc(-c2nocc2CCC(=O)N2CCN(c3ccccc3F)CC2)cc1. The number of benzene rings is 2. The van der Waals surface area contributed by atoms with E-state index in [-0.39, 0.29) is 11.7 Å². The number of rotatable bonds is 5. The Morgan fingerprint density at radius 2 is 1.79 bits per heavy atom. The zero-order chi connectivity index (χ0) is 20.2. The summed E-state index contributed by atoms with van der Waals surface area (Å²) in [5, 5.41) is 4.12. The number of hydrogen-bond donors (Lipinski definition) is 0. The van der Waals surface area contributed by atoms with E-state index in [4.69, 9.17) is 4.52 Å². The molecule has 0 radical (unpaired) electrons. The number of piperazine rings is 1. The smallest absolute Gasteiger partial charge is 0.223 e. The number of amides is 1. The van der Waals surface area contributed by atoms with Gasteiger partial charge in [0.2, 0.25) is 5.91 Å². The van der Waals surface area contributed by atoms with Gasteiger partial charge in [-0.15, -0.1) is 0 Å². The lowest BCUT2D eigenvalue weighted by atomic mass is 10.0. The summed E-state index contributed by atoms with van der Waals surface area (Å²) in [4.78, 5) is 16.5. The zero-order valence-electron chi connectivity index (χ0n) is 16.5. The molecule has 4 rings (SSSR count). The van der Waals surface area contributed by atoms with Gasteiger partial charge in [0.25, 0.3) is 0 Å². The van der Waals surface area contributed by atoms with Crippen molar-refractivity contribution in [2.45, 2.75) is 19.8 Å². The third kappa shape index (κ3) is 4.31. The molecule has 0 unspecified atom stereocenters. The minimum Gasteiger partial charge on any atom is -0.366 e. The predicted molar refractivity (Wildman–Crippen MR) is 110 cm³/mol. The van der Waals surface area contributed by atoms with Gasteiger partial charge in [-0.1, -0.05) is 47.1 Å². The summed E-state index contributed by atoms with van der Waals surface area (Å²) in [6.07, 6.45) is 2.61. The summed E-state index contributed by atoms with van der Waals surface area (Å²) in [7, 11) is 0. The van der Waals surface area contributed by atoms with Gasteiger partial charge in [-0.3, -0.25) is 4.79 Å². The second-order valence-corrected chi connectivity index (χ2v) is 7.37. The molecule has 0 spiro atoms. The molecule has 6 heteroatoms. The molecule has 1 aromatic heterocycles. The Kier molecular flexibility index (Phi) is 5.60. The standard InChI is InChI=1S/C23H24FN3O2/c1-17-6-8-18(9-7-17)23-19(16-29-25-23)10-11-22(28)27-14-12-26(13-15-27)21-5-3-2-4-20(21)24/h2-9,16H,10-15H2,1H3. The fraction of sp³-hybridized carbons (Fsp3) is 0.304. The molecular weight excluding hydrogens is 369 g/mol. The molecule has 0 N–H and O–H groups in total. The van der Waals surface area contributed by atoms with Crippen LogP contribution in [0.1, 0.15) is 17.5 Å². The van der Waals surface area contributed by atoms with Crippen LogP contribution in [0.5, 0.6) is 0 Å². The van der Waals surface area contributed by atoms with E-state index in [1.54, 1.807) is 18.4 Å². The van der Waals surface area contributed by atoms with Gasteiger partial charge in [0.1, 0.15) is 17.8 Å². The first kappa shape index (κ1) is 19.2. The largest absolute Gasteiger partial charge is 0.366 e. The molecule has 150 valence electrons. The molecule has 1 amide bonds. The van der Waals surface area contributed by atoms with Gasteiger partial charge in [-0.2, -0.15) is 0 Å². The number of carbonyl (C=O) groups is 1. The third-order valence-corrected chi connectivity index (χ3v) is 5.40. The minimum absolute atomic E-state index is 0.106. The van der Waals surface area contributed by atoms with Crippen molar-refractivity contribution in [1.29, 1.82) is 0 Å². The van der Waals surface area contributed by atoms with E-state index in [0.717, 1.165) is 16.8 Å². The fourth-order valence-corrected chi connectivity index (χ4v) is 3.69. The van der Waals surface area contributed by atoms with Crippen molar-refractivity contribution in [2.75, 3.05) is 31.1 Å². The number of aromatic nitrogens is 1. The molecule has 2 heterocycles. The van der Waals surface area contributed by atoms with Crippen LogP contribution in [-0.2, 0) is 11.2 Å². The van der Waals surface area contributed by atoms with E-state index in [9.17, 15) is 9.18 Å². The lowest BCUT2D eigenvalue weighted by molar-refractivity contribution is -0.131. The Balaban J connectivity index is 1.33. The van der Waals surface area contributed by atoms with E-state index >= 15 is 0 Å². The molecule has 0 bridgehead atoms. The highest BCUT2D eigenvalue weighted by atomic mass is 19.1. The van der Waals surface area contributed by atoms with Gasteiger partial charge < -0.3 is 14.3 Å². The van der Waals surface area contributed by atoms with Crippen LogP contribution >= 0.6 is 0 Å². The maximum atomic E-state index is 14.0. The highest BCUT2D eigenvalue weighted by Gasteiger charge is 2.23. The van der Waals surface area contributed by atoms with Crippen molar-refractivity contribution >= 4 is 11.6 Å². The van der Waals surface area contributed by atoms with Crippen LogP contribution in [0.2, 0.25) is 0 Å². The monoisotopic (exact) mass is 393 g/mol. The summed E-state index contributed by atoms with van der Waals surface area (Å²) < 4.78 is 19.1. The fourth-order valence-electron chi connectivity index (χ4n) is 3.69. The molecular formula is C23H24FN3O2. The Morgan fingerprint density at radius 3 is 2.52 bits per heavy atom. The summed E-state index contributed by atoms with van der Waals surface area (Å²) >= 11 is 0. The number of para-hydroxylation sites is 1. The van der Waals surface area contributed by atoms with E-state index in [0.29, 0.717) is 44.7 Å². The minimum atomic E-state index is -0.219. The maximum absolute atomic E-state index is 14.0. The van der Waals surface area contributed by atoms with Gasteiger partial charge >= 0.3 is 0 Å². The van der Waals surface area contributed by atoms with Crippen LogP contribution in [0.4, 0.5) is 10.1 Å². The van der Waals surface area contributed by atoms with E-state index in [2.05, 4.69) is 5.16 Å². The first-order valence-electron chi connectivity index (χ1n) is 9.89. The molecule has 0 aliphatic carbocycles. The number of anilines is 1. The normalized spacial score (nSPS) is 14.3. The number of carbonyl (C=O) groups excluding carboxylic acids is 1. The molecule has 1 fully saturated rings. The topological polar surface area (TPSA) is 49.6 Å². The first-order chi connectivity index (χ1) is 14.1. The predicted octanol–water partition coefficient (Wildman–Crippen LogP) is 4.07. The van der Waals surface area contributed by atoms with Crippen LogP contribution in [0, 0.1) is 12.7 Å². The van der Waals surface area contributed by atoms with E-state index in [1.165, 1.54) is 11.6 Å². The quantitative estimate of drug-likeness (QED) is 0.656. The second-order valence-electron chi connectivity index (χ2n) is 7.37. The molecule has 29 heavy (non-hydrogen) atoms. The van der Waals surface area contributed by atoms with Crippen molar-refractivity contribution in [3.63, 3.8) is 0 Å². The Morgan fingerprint density at radius 1 is 1.07 bits per heavy atom. The molecule has 0 atom stereocenters. The average Bonchev–Trinajstić information content (AvgIpc) is 3.22.